The summed E-state index contributed by atoms with van der Waals surface area (Å²) < 4.78 is 11.5. The van der Waals surface area contributed by atoms with Gasteiger partial charge in [-0.15, -0.1) is 0 Å². The van der Waals surface area contributed by atoms with E-state index >= 15 is 0 Å². The Morgan fingerprint density at radius 2 is 2.14 bits per heavy atom. The average Bonchev–Trinajstić information content (AvgIpc) is 2.66. The SMILES string of the molecule is C1=CC2(CCCO2)Oc2ccccc21. The minimum atomic E-state index is -0.464. The molecular weight excluding hydrogens is 176 g/mol. The fourth-order valence-corrected chi connectivity index (χ4v) is 2.00. The molecule has 2 heterocycles. The fraction of sp³-hybridized carbons (Fsp3) is 0.333. The summed E-state index contributed by atoms with van der Waals surface area (Å²) in [4.78, 5) is 0. The van der Waals surface area contributed by atoms with Gasteiger partial charge in [0.25, 0.3) is 0 Å². The van der Waals surface area contributed by atoms with E-state index in [0.29, 0.717) is 0 Å². The predicted molar refractivity (Wildman–Crippen MR) is 54.0 cm³/mol. The molecule has 0 aromatic heterocycles. The van der Waals surface area contributed by atoms with Gasteiger partial charge < -0.3 is 9.47 Å². The average molecular weight is 188 g/mol. The van der Waals surface area contributed by atoms with Crippen molar-refractivity contribution in [3.63, 3.8) is 0 Å². The molecular formula is C12H12O2. The fourth-order valence-electron chi connectivity index (χ4n) is 2.00. The smallest absolute Gasteiger partial charge is 0.230 e. The first-order valence-corrected chi connectivity index (χ1v) is 4.99. The first kappa shape index (κ1) is 8.06. The Morgan fingerprint density at radius 1 is 1.21 bits per heavy atom. The third-order valence-electron chi connectivity index (χ3n) is 2.73. The molecule has 0 saturated carbocycles. The van der Waals surface area contributed by atoms with Gasteiger partial charge in [-0.25, -0.2) is 0 Å². The van der Waals surface area contributed by atoms with Gasteiger partial charge in [-0.05, 0) is 24.6 Å². The summed E-state index contributed by atoms with van der Waals surface area (Å²) in [7, 11) is 0. The number of para-hydroxylation sites is 1. The summed E-state index contributed by atoms with van der Waals surface area (Å²) >= 11 is 0. The zero-order valence-corrected chi connectivity index (χ0v) is 7.90. The van der Waals surface area contributed by atoms with Gasteiger partial charge >= 0.3 is 0 Å². The van der Waals surface area contributed by atoms with E-state index in [1.165, 1.54) is 0 Å². The number of hydrogen-bond donors (Lipinski definition) is 0. The van der Waals surface area contributed by atoms with Crippen LogP contribution in [0.3, 0.4) is 0 Å². The molecule has 0 aliphatic carbocycles. The van der Waals surface area contributed by atoms with Gasteiger partial charge in [0.1, 0.15) is 5.75 Å². The summed E-state index contributed by atoms with van der Waals surface area (Å²) in [5.74, 6) is 0.464. The molecule has 0 amide bonds. The summed E-state index contributed by atoms with van der Waals surface area (Å²) in [5, 5.41) is 0. The highest BCUT2D eigenvalue weighted by molar-refractivity contribution is 5.60. The molecule has 3 rings (SSSR count). The Balaban J connectivity index is 2.00. The van der Waals surface area contributed by atoms with Crippen LogP contribution in [-0.4, -0.2) is 12.4 Å². The van der Waals surface area contributed by atoms with E-state index < -0.39 is 5.79 Å². The van der Waals surface area contributed by atoms with Crippen molar-refractivity contribution in [2.24, 2.45) is 0 Å². The third kappa shape index (κ3) is 1.15. The Labute approximate surface area is 83.1 Å². The maximum Gasteiger partial charge on any atom is 0.230 e. The zero-order valence-electron chi connectivity index (χ0n) is 7.90. The lowest BCUT2D eigenvalue weighted by Gasteiger charge is -2.29. The third-order valence-corrected chi connectivity index (χ3v) is 2.73. The number of rotatable bonds is 0. The summed E-state index contributed by atoms with van der Waals surface area (Å²) in [5.41, 5.74) is 1.13. The second-order valence-electron chi connectivity index (χ2n) is 3.74. The van der Waals surface area contributed by atoms with Crippen LogP contribution in [0.2, 0.25) is 0 Å². The number of hydrogen-bond acceptors (Lipinski definition) is 2. The quantitative estimate of drug-likeness (QED) is 0.623. The van der Waals surface area contributed by atoms with Gasteiger partial charge in [0.2, 0.25) is 5.79 Å². The second-order valence-corrected chi connectivity index (χ2v) is 3.74. The van der Waals surface area contributed by atoms with Gasteiger partial charge in [-0.1, -0.05) is 18.2 Å². The van der Waals surface area contributed by atoms with Crippen molar-refractivity contribution in [2.75, 3.05) is 6.61 Å². The minimum Gasteiger partial charge on any atom is -0.458 e. The topological polar surface area (TPSA) is 18.5 Å². The molecule has 2 heteroatoms. The lowest BCUT2D eigenvalue weighted by molar-refractivity contribution is -0.110. The molecule has 1 unspecified atom stereocenters. The van der Waals surface area contributed by atoms with Gasteiger partial charge in [0.15, 0.2) is 0 Å². The number of ether oxygens (including phenoxy) is 2. The molecule has 1 aromatic rings. The summed E-state index contributed by atoms with van der Waals surface area (Å²) in [6.07, 6.45) is 6.15. The van der Waals surface area contributed by atoms with Crippen molar-refractivity contribution < 1.29 is 9.47 Å². The Hall–Kier alpha value is -1.28. The molecule has 1 saturated heterocycles. The largest absolute Gasteiger partial charge is 0.458 e. The summed E-state index contributed by atoms with van der Waals surface area (Å²) in [6.45, 7) is 0.798. The molecule has 0 N–H and O–H groups in total. The number of benzene rings is 1. The highest BCUT2D eigenvalue weighted by Gasteiger charge is 2.37. The van der Waals surface area contributed by atoms with E-state index in [4.69, 9.17) is 9.47 Å². The maximum absolute atomic E-state index is 5.87. The van der Waals surface area contributed by atoms with Crippen LogP contribution in [0.15, 0.2) is 30.3 Å². The van der Waals surface area contributed by atoms with Crippen LogP contribution in [-0.2, 0) is 4.74 Å². The number of fused-ring (bicyclic) bond motifs is 1. The lowest BCUT2D eigenvalue weighted by atomic mass is 10.1. The molecule has 2 aliphatic rings. The highest BCUT2D eigenvalue weighted by atomic mass is 16.7. The monoisotopic (exact) mass is 188 g/mol. The van der Waals surface area contributed by atoms with Crippen LogP contribution >= 0.6 is 0 Å². The molecule has 0 radical (unpaired) electrons. The molecule has 1 aromatic carbocycles. The van der Waals surface area contributed by atoms with Crippen molar-refractivity contribution in [1.82, 2.24) is 0 Å². The molecule has 1 atom stereocenters. The van der Waals surface area contributed by atoms with Crippen molar-refractivity contribution in [3.05, 3.63) is 35.9 Å². The molecule has 1 fully saturated rings. The Morgan fingerprint density at radius 3 is 3.00 bits per heavy atom. The van der Waals surface area contributed by atoms with Crippen molar-refractivity contribution in [2.45, 2.75) is 18.6 Å². The van der Waals surface area contributed by atoms with Crippen LogP contribution in [0, 0.1) is 0 Å². The lowest BCUT2D eigenvalue weighted by Crippen LogP contribution is -2.34. The molecule has 1 spiro atoms. The Bertz CT molecular complexity index is 376. The van der Waals surface area contributed by atoms with E-state index in [1.54, 1.807) is 0 Å². The van der Waals surface area contributed by atoms with E-state index in [9.17, 15) is 0 Å². The maximum atomic E-state index is 5.87. The van der Waals surface area contributed by atoms with Crippen LogP contribution in [0.4, 0.5) is 0 Å². The molecule has 14 heavy (non-hydrogen) atoms. The van der Waals surface area contributed by atoms with Crippen molar-refractivity contribution >= 4 is 6.08 Å². The van der Waals surface area contributed by atoms with Crippen molar-refractivity contribution in [1.29, 1.82) is 0 Å². The van der Waals surface area contributed by atoms with E-state index in [2.05, 4.69) is 6.08 Å². The Kier molecular flexibility index (Phi) is 1.64. The molecule has 72 valence electrons. The standard InChI is InChI=1S/C12H12O2/c1-2-5-11-10(4-1)6-8-12(14-11)7-3-9-13-12/h1-2,4-6,8H,3,7,9H2. The van der Waals surface area contributed by atoms with Crippen LogP contribution < -0.4 is 4.74 Å². The van der Waals surface area contributed by atoms with Crippen molar-refractivity contribution in [3.8, 4) is 5.75 Å². The molecule has 2 nitrogen and oxygen atoms in total. The predicted octanol–water partition coefficient (Wildman–Crippen LogP) is 2.60. The van der Waals surface area contributed by atoms with E-state index in [-0.39, 0.29) is 0 Å². The zero-order chi connectivity index (χ0) is 9.43. The van der Waals surface area contributed by atoms with Crippen LogP contribution in [0.1, 0.15) is 18.4 Å². The second kappa shape index (κ2) is 2.85. The molecule has 2 aliphatic heterocycles. The van der Waals surface area contributed by atoms with Gasteiger partial charge in [0, 0.05) is 12.0 Å². The molecule has 0 bridgehead atoms. The first-order chi connectivity index (χ1) is 6.88. The van der Waals surface area contributed by atoms with Crippen LogP contribution in [0.25, 0.3) is 6.08 Å². The van der Waals surface area contributed by atoms with Gasteiger partial charge in [-0.2, -0.15) is 0 Å². The van der Waals surface area contributed by atoms with E-state index in [1.807, 2.05) is 30.3 Å². The van der Waals surface area contributed by atoms with Gasteiger partial charge in [0.05, 0.1) is 6.61 Å². The highest BCUT2D eigenvalue weighted by Crippen LogP contribution is 2.36. The normalized spacial score (nSPS) is 28.9. The van der Waals surface area contributed by atoms with E-state index in [0.717, 1.165) is 30.8 Å². The minimum absolute atomic E-state index is 0.464. The summed E-state index contributed by atoms with van der Waals surface area (Å²) in [6, 6.07) is 8.04. The first-order valence-electron chi connectivity index (χ1n) is 4.99. The van der Waals surface area contributed by atoms with Crippen LogP contribution in [0.5, 0.6) is 5.75 Å². The van der Waals surface area contributed by atoms with Gasteiger partial charge in [-0.3, -0.25) is 0 Å².